The fourth-order valence-corrected chi connectivity index (χ4v) is 4.44. The van der Waals surface area contributed by atoms with Gasteiger partial charge in [0, 0.05) is 28.0 Å². The van der Waals surface area contributed by atoms with Crippen molar-refractivity contribution in [2.75, 3.05) is 0 Å². The summed E-state index contributed by atoms with van der Waals surface area (Å²) in [4.78, 5) is 24.2. The molecule has 5 nitrogen and oxygen atoms in total. The normalized spacial score (nSPS) is 20.8. The number of Topliss-reactive ketones (excluding diaryl/α,β-unsaturated/α-hetero) is 1. The number of nitroso groups, excluding NO2 is 1. The van der Waals surface area contributed by atoms with Crippen LogP contribution in [0.15, 0.2) is 42.2 Å². The number of benzene rings is 2. The molecule has 2 aliphatic carbocycles. The molecule has 2 aromatic rings. The second-order valence-electron chi connectivity index (χ2n) is 7.92. The van der Waals surface area contributed by atoms with E-state index in [1.807, 2.05) is 6.92 Å². The van der Waals surface area contributed by atoms with E-state index < -0.39 is 11.7 Å². The van der Waals surface area contributed by atoms with Gasteiger partial charge in [0.2, 0.25) is 5.75 Å². The largest absolute Gasteiger partial charge is 0.511 e. The quantitative estimate of drug-likeness (QED) is 0.711. The minimum atomic E-state index is -4.59. The minimum Gasteiger partial charge on any atom is -0.511 e. The molecule has 2 aliphatic rings. The Bertz CT molecular complexity index is 1090. The predicted octanol–water partition coefficient (Wildman–Crippen LogP) is 4.81. The second-order valence-corrected chi connectivity index (χ2v) is 7.92. The van der Waals surface area contributed by atoms with Gasteiger partial charge in [-0.2, -0.15) is 13.2 Å². The van der Waals surface area contributed by atoms with Gasteiger partial charge in [-0.25, -0.2) is 0 Å². The molecule has 8 heteroatoms. The fourth-order valence-electron chi connectivity index (χ4n) is 4.44. The Morgan fingerprint density at radius 3 is 2.55 bits per heavy atom. The molecule has 1 fully saturated rings. The van der Waals surface area contributed by atoms with E-state index in [9.17, 15) is 28.0 Å². The molecule has 0 amide bonds. The number of hydrogen-bond donors (Lipinski definition) is 2. The number of aliphatic hydroxyl groups is 1. The average Bonchev–Trinajstić information content (AvgIpc) is 3.19. The molecule has 1 saturated carbocycles. The first-order valence-electron chi connectivity index (χ1n) is 10.1. The summed E-state index contributed by atoms with van der Waals surface area (Å²) in [6, 6.07) is 7.55. The molecule has 0 radical (unpaired) electrons. The third-order valence-electron chi connectivity index (χ3n) is 6.07. The number of rotatable bonds is 5. The van der Waals surface area contributed by atoms with Crippen LogP contribution in [0, 0.1) is 16.7 Å². The van der Waals surface area contributed by atoms with Crippen LogP contribution in [0.2, 0.25) is 0 Å². The van der Waals surface area contributed by atoms with Crippen molar-refractivity contribution < 1.29 is 33.0 Å². The minimum absolute atomic E-state index is 0.0295. The number of halogens is 3. The van der Waals surface area contributed by atoms with Crippen LogP contribution in [0.25, 0.3) is 5.57 Å². The molecular weight excluding hydrogens is 411 g/mol. The van der Waals surface area contributed by atoms with Crippen LogP contribution in [0.4, 0.5) is 18.9 Å². The predicted molar refractivity (Wildman–Crippen MR) is 107 cm³/mol. The summed E-state index contributed by atoms with van der Waals surface area (Å²) in [6.07, 6.45) is -1.80. The first-order valence-corrected chi connectivity index (χ1v) is 10.1. The van der Waals surface area contributed by atoms with E-state index in [0.29, 0.717) is 30.0 Å². The van der Waals surface area contributed by atoms with Crippen molar-refractivity contribution in [3.8, 4) is 11.5 Å². The summed E-state index contributed by atoms with van der Waals surface area (Å²) < 4.78 is 44.4. The number of fused-ring (bicyclic) bond motifs is 2. The molecule has 0 saturated heterocycles. The molecular formula is C23H21F3NO4+. The highest BCUT2D eigenvalue weighted by Crippen LogP contribution is 2.46. The zero-order valence-electron chi connectivity index (χ0n) is 16.8. The molecule has 4 rings (SSSR count). The highest BCUT2D eigenvalue weighted by atomic mass is 19.4. The van der Waals surface area contributed by atoms with E-state index in [0.717, 1.165) is 30.5 Å². The van der Waals surface area contributed by atoms with E-state index in [2.05, 4.69) is 0 Å². The van der Waals surface area contributed by atoms with Gasteiger partial charge in [0.15, 0.2) is 5.78 Å². The Balaban J connectivity index is 1.73. The third-order valence-corrected chi connectivity index (χ3v) is 6.07. The van der Waals surface area contributed by atoms with Crippen molar-refractivity contribution in [3.63, 3.8) is 0 Å². The highest BCUT2D eigenvalue weighted by molar-refractivity contribution is 6.23. The van der Waals surface area contributed by atoms with Crippen LogP contribution in [0.1, 0.15) is 42.9 Å². The Kier molecular flexibility index (Phi) is 5.33. The number of nitrogens with one attached hydrogen (secondary N) is 1. The Hall–Kier alpha value is -3.16. The van der Waals surface area contributed by atoms with Crippen molar-refractivity contribution in [1.29, 1.82) is 0 Å². The van der Waals surface area contributed by atoms with E-state index >= 15 is 0 Å². The standard InChI is InChI=1S/C23H20F3NO4/c1-2-12-5-7-16(31-19-8-6-15(23(24,25)26)10-18(19)27-30)11-17(12)20-21(28)13-3-4-14(9-13)22(20)29/h5-8,10-11,13-14,28H,2-4,9H2,1H3/p+1. The lowest BCUT2D eigenvalue weighted by Crippen LogP contribution is -2.56. The van der Waals surface area contributed by atoms with Crippen LogP contribution in [0.3, 0.4) is 0 Å². The van der Waals surface area contributed by atoms with Crippen LogP contribution < -0.4 is 9.91 Å². The van der Waals surface area contributed by atoms with E-state index in [-0.39, 0.29) is 40.6 Å². The number of alkyl halides is 3. The molecule has 2 aromatic carbocycles. The number of allylic oxidation sites excluding steroid dienone is 2. The summed E-state index contributed by atoms with van der Waals surface area (Å²) in [5, 5.41) is 12.2. The van der Waals surface area contributed by atoms with Gasteiger partial charge < -0.3 is 9.84 Å². The number of hydrogen-bond acceptors (Lipinski definition) is 4. The van der Waals surface area contributed by atoms with Gasteiger partial charge in [-0.15, -0.1) is 0 Å². The lowest BCUT2D eigenvalue weighted by Gasteiger charge is -2.23. The maximum absolute atomic E-state index is 12.9. The second kappa shape index (κ2) is 7.83. The summed E-state index contributed by atoms with van der Waals surface area (Å²) in [5.74, 6) is 0.0482. The topological polar surface area (TPSA) is 77.6 Å². The molecule has 2 unspecified atom stereocenters. The van der Waals surface area contributed by atoms with Crippen molar-refractivity contribution in [1.82, 2.24) is 0 Å². The molecule has 2 atom stereocenters. The number of aliphatic hydroxyl groups excluding tert-OH is 1. The van der Waals surface area contributed by atoms with Crippen LogP contribution >= 0.6 is 0 Å². The lowest BCUT2D eigenvalue weighted by atomic mass is 9.81. The van der Waals surface area contributed by atoms with Crippen LogP contribution in [0.5, 0.6) is 11.5 Å². The summed E-state index contributed by atoms with van der Waals surface area (Å²) >= 11 is 0. The number of carbonyl (C=O) groups is 1. The van der Waals surface area contributed by atoms with E-state index in [1.165, 1.54) is 5.18 Å². The molecule has 0 heterocycles. The summed E-state index contributed by atoms with van der Waals surface area (Å²) in [5.41, 5.74) is 0.375. The summed E-state index contributed by atoms with van der Waals surface area (Å²) in [6.45, 7) is 1.92. The van der Waals surface area contributed by atoms with Crippen molar-refractivity contribution >= 4 is 17.0 Å². The number of carbonyl (C=O) groups excluding carboxylic acids is 1. The molecule has 0 aromatic heterocycles. The van der Waals surface area contributed by atoms with Crippen molar-refractivity contribution in [2.45, 2.75) is 38.8 Å². The fraction of sp³-hybridized carbons (Fsp3) is 0.348. The lowest BCUT2D eigenvalue weighted by molar-refractivity contribution is -0.380. The van der Waals surface area contributed by atoms with Gasteiger partial charge in [-0.05, 0) is 61.1 Å². The van der Waals surface area contributed by atoms with E-state index in [1.54, 1.807) is 18.2 Å². The Labute approximate surface area is 176 Å². The van der Waals surface area contributed by atoms with Gasteiger partial charge in [0.1, 0.15) is 11.5 Å². The van der Waals surface area contributed by atoms with Gasteiger partial charge >= 0.3 is 6.18 Å². The van der Waals surface area contributed by atoms with Crippen LogP contribution in [-0.4, -0.2) is 10.9 Å². The number of ketones is 1. The molecule has 2 bridgehead atoms. The zero-order chi connectivity index (χ0) is 22.3. The maximum Gasteiger partial charge on any atom is 0.416 e. The number of aryl methyl sites for hydroxylation is 1. The third kappa shape index (κ3) is 3.82. The zero-order valence-corrected chi connectivity index (χ0v) is 16.8. The Morgan fingerprint density at radius 2 is 1.87 bits per heavy atom. The molecule has 0 spiro atoms. The highest BCUT2D eigenvalue weighted by Gasteiger charge is 2.41. The molecule has 31 heavy (non-hydrogen) atoms. The van der Waals surface area contributed by atoms with E-state index in [4.69, 9.17) is 4.74 Å². The van der Waals surface area contributed by atoms with Gasteiger partial charge in [0.05, 0.1) is 11.1 Å². The molecule has 2 N–H and O–H groups in total. The van der Waals surface area contributed by atoms with Gasteiger partial charge in [-0.1, -0.05) is 13.0 Å². The molecule has 162 valence electrons. The van der Waals surface area contributed by atoms with Crippen LogP contribution in [-0.2, 0) is 17.4 Å². The van der Waals surface area contributed by atoms with Gasteiger partial charge in [0.25, 0.3) is 5.69 Å². The summed E-state index contributed by atoms with van der Waals surface area (Å²) in [7, 11) is 0. The smallest absolute Gasteiger partial charge is 0.416 e. The Morgan fingerprint density at radius 1 is 1.13 bits per heavy atom. The first kappa shape index (κ1) is 21.1. The molecule has 0 aliphatic heterocycles. The SMILES string of the molecule is CCc1ccc(Oc2ccc(C(F)(F)F)cc2[NH+]=O)cc1C1=C(O)C2CCC(C2)C1=O. The monoisotopic (exact) mass is 432 g/mol. The number of ether oxygens (including phenoxy) is 1. The van der Waals surface area contributed by atoms with Crippen molar-refractivity contribution in [2.24, 2.45) is 11.8 Å². The van der Waals surface area contributed by atoms with Crippen molar-refractivity contribution in [3.05, 3.63) is 63.8 Å². The maximum atomic E-state index is 12.9. The first-order chi connectivity index (χ1) is 14.7. The van der Waals surface area contributed by atoms with Gasteiger partial charge in [-0.3, -0.25) is 4.79 Å². The average molecular weight is 432 g/mol.